The highest BCUT2D eigenvalue weighted by Crippen LogP contribution is 1.99. The van der Waals surface area contributed by atoms with E-state index in [0.717, 1.165) is 0 Å². The maximum absolute atomic E-state index is 3.63. The van der Waals surface area contributed by atoms with Gasteiger partial charge in [0.1, 0.15) is 0 Å². The first-order valence-electron chi connectivity index (χ1n) is 2.44. The molecule has 2 aromatic rings. The van der Waals surface area contributed by atoms with E-state index in [1.54, 1.807) is 0 Å². The molecular weight excluding hydrogens is 150 g/mol. The van der Waals surface area contributed by atoms with Crippen molar-refractivity contribution in [2.45, 2.75) is 0 Å². The fourth-order valence-electron chi connectivity index (χ4n) is 0.513. The van der Waals surface area contributed by atoms with Crippen LogP contribution in [0.25, 0.3) is 11.6 Å². The predicted molar refractivity (Wildman–Crippen MR) is 33.3 cm³/mol. The number of hydrogen-bond acceptors (Lipinski definition) is 6. The van der Waals surface area contributed by atoms with E-state index in [0.29, 0.717) is 11.6 Å². The van der Waals surface area contributed by atoms with Crippen molar-refractivity contribution in [2.75, 3.05) is 0 Å². The third kappa shape index (κ3) is 1.16. The molecule has 0 aromatic carbocycles. The Labute approximate surface area is 60.2 Å². The maximum atomic E-state index is 3.63. The third-order valence-corrected chi connectivity index (χ3v) is 0.891. The molecule has 0 unspecified atom stereocenters. The minimum Gasteiger partial charge on any atom is -0.369 e. The van der Waals surface area contributed by atoms with Gasteiger partial charge in [0.15, 0.2) is 0 Å². The number of nitrogens with one attached hydrogen (secondary N) is 2. The molecule has 0 bridgehead atoms. The van der Waals surface area contributed by atoms with Crippen molar-refractivity contribution in [1.29, 1.82) is 0 Å². The Morgan fingerprint density at radius 2 is 1.27 bits per heavy atom. The van der Waals surface area contributed by atoms with Gasteiger partial charge < -0.3 is 6.15 Å². The average Bonchev–Trinajstić information content (AvgIpc) is 2.59. The zero-order valence-corrected chi connectivity index (χ0v) is 5.68. The van der Waals surface area contributed by atoms with Gasteiger partial charge in [-0.3, -0.25) is 0 Å². The van der Waals surface area contributed by atoms with E-state index in [1.165, 1.54) is 0 Å². The van der Waals surface area contributed by atoms with Crippen molar-refractivity contribution in [3.63, 3.8) is 0 Å². The summed E-state index contributed by atoms with van der Waals surface area (Å²) in [6.07, 6.45) is 0. The van der Waals surface area contributed by atoms with Crippen LogP contribution in [0.4, 0.5) is 0 Å². The maximum Gasteiger partial charge on any atom is 0.245 e. The fraction of sp³-hybridized carbons (Fsp3) is 0. The van der Waals surface area contributed by atoms with Crippen LogP contribution in [-0.2, 0) is 0 Å². The molecule has 58 valence electrons. The second-order valence-electron chi connectivity index (χ2n) is 1.47. The highest BCUT2D eigenvalue weighted by atomic mass is 15.5. The number of tetrazole rings is 2. The summed E-state index contributed by atoms with van der Waals surface area (Å²) in [5, 5.41) is 25.7. The highest BCUT2D eigenvalue weighted by molar-refractivity contribution is 5.37. The van der Waals surface area contributed by atoms with E-state index in [-0.39, 0.29) is 6.15 Å². The molecule has 0 aliphatic heterocycles. The van der Waals surface area contributed by atoms with Gasteiger partial charge >= 0.3 is 0 Å². The van der Waals surface area contributed by atoms with E-state index in [9.17, 15) is 0 Å². The standard InChI is InChI=1S/C2H2N8.H3N/c3-1(4-8-7-3)2-5-9-10-6-2;/h(H,3,4,7,8)(H,5,6,9,10);1H3/p+1. The summed E-state index contributed by atoms with van der Waals surface area (Å²) in [5.41, 5.74) is 0. The van der Waals surface area contributed by atoms with Crippen LogP contribution in [-0.4, -0.2) is 41.2 Å². The summed E-state index contributed by atoms with van der Waals surface area (Å²) >= 11 is 0. The number of aromatic amines is 2. The molecule has 0 saturated carbocycles. The number of hydrogen-bond donors (Lipinski definition) is 3. The van der Waals surface area contributed by atoms with Gasteiger partial charge in [-0.05, 0) is 10.4 Å². The summed E-state index contributed by atoms with van der Waals surface area (Å²) in [4.78, 5) is 0. The molecule has 0 spiro atoms. The van der Waals surface area contributed by atoms with Crippen molar-refractivity contribution in [1.82, 2.24) is 47.4 Å². The van der Waals surface area contributed by atoms with Crippen LogP contribution < -0.4 is 6.15 Å². The zero-order chi connectivity index (χ0) is 6.81. The van der Waals surface area contributed by atoms with Crippen LogP contribution in [0.3, 0.4) is 0 Å². The van der Waals surface area contributed by atoms with Crippen LogP contribution in [0.1, 0.15) is 0 Å². The molecule has 0 aliphatic rings. The van der Waals surface area contributed by atoms with E-state index in [4.69, 9.17) is 0 Å². The van der Waals surface area contributed by atoms with Gasteiger partial charge in [0, 0.05) is 0 Å². The lowest BCUT2D eigenvalue weighted by Crippen LogP contribution is -1.83. The summed E-state index contributed by atoms with van der Waals surface area (Å²) < 4.78 is 0. The summed E-state index contributed by atoms with van der Waals surface area (Å²) in [6, 6.07) is 0. The van der Waals surface area contributed by atoms with Gasteiger partial charge in [-0.15, -0.1) is 20.4 Å². The lowest BCUT2D eigenvalue weighted by molar-refractivity contribution is 0.881. The average molecular weight is 156 g/mol. The number of nitrogens with zero attached hydrogens (tertiary/aromatic N) is 6. The Bertz CT molecular complexity index is 247. The second-order valence-corrected chi connectivity index (χ2v) is 1.47. The molecule has 0 fully saturated rings. The van der Waals surface area contributed by atoms with Crippen molar-refractivity contribution >= 4 is 0 Å². The molecule has 2 heterocycles. The fourth-order valence-corrected chi connectivity index (χ4v) is 0.513. The number of H-pyrrole nitrogens is 2. The van der Waals surface area contributed by atoms with Crippen LogP contribution in [0, 0.1) is 0 Å². The topological polar surface area (TPSA) is 145 Å². The molecular formula is C2H6N9+. The first-order valence-corrected chi connectivity index (χ1v) is 2.44. The van der Waals surface area contributed by atoms with E-state index < -0.39 is 0 Å². The van der Waals surface area contributed by atoms with Gasteiger partial charge in [-0.2, -0.15) is 10.4 Å². The van der Waals surface area contributed by atoms with Crippen molar-refractivity contribution in [3.05, 3.63) is 0 Å². The number of quaternary nitrogens is 1. The minimum atomic E-state index is 0. The zero-order valence-electron chi connectivity index (χ0n) is 5.68. The lowest BCUT2D eigenvalue weighted by atomic mass is 10.6. The van der Waals surface area contributed by atoms with Gasteiger partial charge in [-0.1, -0.05) is 0 Å². The van der Waals surface area contributed by atoms with Crippen molar-refractivity contribution in [2.24, 2.45) is 0 Å². The Hall–Kier alpha value is -1.90. The van der Waals surface area contributed by atoms with Crippen molar-refractivity contribution in [3.8, 4) is 11.6 Å². The van der Waals surface area contributed by atoms with Gasteiger partial charge in [0.25, 0.3) is 0 Å². The minimum absolute atomic E-state index is 0. The first-order chi connectivity index (χ1) is 4.97. The molecule has 9 nitrogen and oxygen atoms in total. The largest absolute Gasteiger partial charge is 0.369 e. The third-order valence-electron chi connectivity index (χ3n) is 0.891. The first kappa shape index (κ1) is 7.21. The molecule has 0 saturated heterocycles. The summed E-state index contributed by atoms with van der Waals surface area (Å²) in [5.74, 6) is 0.655. The van der Waals surface area contributed by atoms with Crippen molar-refractivity contribution < 1.29 is 0 Å². The highest BCUT2D eigenvalue weighted by Gasteiger charge is 2.05. The normalized spacial score (nSPS) is 9.09. The molecule has 0 aliphatic carbocycles. The molecule has 2 rings (SSSR count). The molecule has 0 atom stereocenters. The van der Waals surface area contributed by atoms with Gasteiger partial charge in [0.05, 0.1) is 0 Å². The molecule has 0 amide bonds. The lowest BCUT2D eigenvalue weighted by Gasteiger charge is -1.74. The van der Waals surface area contributed by atoms with E-state index in [1.807, 2.05) is 0 Å². The SMILES string of the molecule is [NH4+].n1nc(-c2nn[nH]n2)n[nH]1. The molecule has 6 N–H and O–H groups in total. The number of aromatic nitrogens is 8. The van der Waals surface area contributed by atoms with Crippen LogP contribution in [0.5, 0.6) is 0 Å². The van der Waals surface area contributed by atoms with Gasteiger partial charge in [0.2, 0.25) is 11.6 Å². The second kappa shape index (κ2) is 2.79. The summed E-state index contributed by atoms with van der Waals surface area (Å²) in [6.45, 7) is 0. The van der Waals surface area contributed by atoms with E-state index >= 15 is 0 Å². The van der Waals surface area contributed by atoms with Crippen LogP contribution >= 0.6 is 0 Å². The Balaban J connectivity index is 0.000000605. The Morgan fingerprint density at radius 1 is 0.818 bits per heavy atom. The molecule has 11 heavy (non-hydrogen) atoms. The Morgan fingerprint density at radius 3 is 1.55 bits per heavy atom. The molecule has 0 radical (unpaired) electrons. The smallest absolute Gasteiger partial charge is 0.245 e. The predicted octanol–water partition coefficient (Wildman–Crippen LogP) is -1.24. The van der Waals surface area contributed by atoms with Crippen LogP contribution in [0.15, 0.2) is 0 Å². The Kier molecular flexibility index (Phi) is 1.83. The molecule has 9 heteroatoms. The monoisotopic (exact) mass is 156 g/mol. The quantitative estimate of drug-likeness (QED) is 0.470. The number of rotatable bonds is 1. The van der Waals surface area contributed by atoms with Gasteiger partial charge in [-0.25, -0.2) is 0 Å². The van der Waals surface area contributed by atoms with E-state index in [2.05, 4.69) is 41.2 Å². The van der Waals surface area contributed by atoms with Crippen LogP contribution in [0.2, 0.25) is 0 Å². The summed E-state index contributed by atoms with van der Waals surface area (Å²) in [7, 11) is 0. The molecule has 2 aromatic heterocycles.